The van der Waals surface area contributed by atoms with Crippen molar-refractivity contribution in [2.45, 2.75) is 11.8 Å². The van der Waals surface area contributed by atoms with E-state index in [4.69, 9.17) is 4.74 Å². The number of carbonyl (C=O) groups is 2. The molecular formula is C24H23N3O3. The van der Waals surface area contributed by atoms with E-state index in [0.717, 1.165) is 17.0 Å². The second-order valence-electron chi connectivity index (χ2n) is 7.79. The predicted octanol–water partition coefficient (Wildman–Crippen LogP) is 3.22. The number of anilines is 1. The molecule has 1 atom stereocenters. The Kier molecular flexibility index (Phi) is 4.54. The van der Waals surface area contributed by atoms with Crippen molar-refractivity contribution >= 4 is 17.5 Å². The van der Waals surface area contributed by atoms with Crippen molar-refractivity contribution in [3.63, 3.8) is 0 Å². The number of carbonyl (C=O) groups excluding carboxylic acids is 2. The highest BCUT2D eigenvalue weighted by molar-refractivity contribution is 6.09. The van der Waals surface area contributed by atoms with Gasteiger partial charge in [-0.3, -0.25) is 9.59 Å². The van der Waals surface area contributed by atoms with E-state index >= 15 is 0 Å². The zero-order valence-electron chi connectivity index (χ0n) is 16.6. The summed E-state index contributed by atoms with van der Waals surface area (Å²) >= 11 is 0. The number of rotatable bonds is 5. The molecule has 6 heteroatoms. The third-order valence-corrected chi connectivity index (χ3v) is 6.09. The summed E-state index contributed by atoms with van der Waals surface area (Å²) in [5.41, 5.74) is 1.89. The molecule has 30 heavy (non-hydrogen) atoms. The lowest BCUT2D eigenvalue weighted by Crippen LogP contribution is -2.44. The molecule has 1 saturated heterocycles. The number of H-pyrrole nitrogens is 1. The molecule has 3 aromatic rings. The van der Waals surface area contributed by atoms with E-state index in [0.29, 0.717) is 38.2 Å². The number of likely N-dealkylation sites (tertiary alicyclic amines) is 1. The Hall–Kier alpha value is -3.54. The third kappa shape index (κ3) is 2.96. The Morgan fingerprint density at radius 1 is 1.07 bits per heavy atom. The molecule has 0 saturated carbocycles. The Balaban J connectivity index is 1.36. The standard InChI is InChI=1S/C24H23N3O3/c28-22(18-10-12-25-16-18)26-13-11-24(17-26)20-8-4-5-9-21(20)27(23(24)29)14-15-30-19-6-2-1-3-7-19/h1-10,12,16,25H,11,13-15,17H2. The number of aromatic nitrogens is 1. The highest BCUT2D eigenvalue weighted by Crippen LogP contribution is 2.47. The third-order valence-electron chi connectivity index (χ3n) is 6.09. The minimum atomic E-state index is -0.671. The van der Waals surface area contributed by atoms with Crippen LogP contribution in [0, 0.1) is 0 Å². The minimum Gasteiger partial charge on any atom is -0.492 e. The van der Waals surface area contributed by atoms with Gasteiger partial charge in [0.1, 0.15) is 12.4 Å². The van der Waals surface area contributed by atoms with Gasteiger partial charge in [0.05, 0.1) is 17.5 Å². The molecule has 1 unspecified atom stereocenters. The Morgan fingerprint density at radius 3 is 2.67 bits per heavy atom. The number of amides is 2. The topological polar surface area (TPSA) is 65.6 Å². The first-order valence-electron chi connectivity index (χ1n) is 10.2. The summed E-state index contributed by atoms with van der Waals surface area (Å²) < 4.78 is 5.83. The van der Waals surface area contributed by atoms with E-state index in [2.05, 4.69) is 4.98 Å². The molecule has 2 aliphatic rings. The van der Waals surface area contributed by atoms with Gasteiger partial charge in [-0.1, -0.05) is 36.4 Å². The van der Waals surface area contributed by atoms with Crippen LogP contribution in [0.4, 0.5) is 5.69 Å². The molecule has 152 valence electrons. The molecule has 1 fully saturated rings. The van der Waals surface area contributed by atoms with Crippen molar-refractivity contribution in [3.8, 4) is 5.75 Å². The second kappa shape index (κ2) is 7.37. The Bertz CT molecular complexity index is 1060. The lowest BCUT2D eigenvalue weighted by Gasteiger charge is -2.24. The largest absolute Gasteiger partial charge is 0.492 e. The fourth-order valence-electron chi connectivity index (χ4n) is 4.61. The smallest absolute Gasteiger partial charge is 0.255 e. The van der Waals surface area contributed by atoms with Crippen LogP contribution >= 0.6 is 0 Å². The number of fused-ring (bicyclic) bond motifs is 2. The van der Waals surface area contributed by atoms with Gasteiger partial charge in [0.15, 0.2) is 0 Å². The van der Waals surface area contributed by atoms with Crippen LogP contribution < -0.4 is 9.64 Å². The van der Waals surface area contributed by atoms with Crippen molar-refractivity contribution < 1.29 is 14.3 Å². The van der Waals surface area contributed by atoms with Gasteiger partial charge >= 0.3 is 0 Å². The van der Waals surface area contributed by atoms with Crippen LogP contribution in [-0.2, 0) is 10.2 Å². The van der Waals surface area contributed by atoms with Gasteiger partial charge in [-0.25, -0.2) is 0 Å². The number of para-hydroxylation sites is 2. The molecular weight excluding hydrogens is 378 g/mol. The summed E-state index contributed by atoms with van der Waals surface area (Å²) in [6.07, 6.45) is 4.07. The maximum Gasteiger partial charge on any atom is 0.255 e. The number of nitrogens with zero attached hydrogens (tertiary/aromatic N) is 2. The number of hydrogen-bond acceptors (Lipinski definition) is 3. The highest BCUT2D eigenvalue weighted by Gasteiger charge is 2.55. The van der Waals surface area contributed by atoms with Gasteiger partial charge in [-0.15, -0.1) is 0 Å². The molecule has 1 spiro atoms. The maximum atomic E-state index is 13.6. The molecule has 1 aromatic heterocycles. The number of benzene rings is 2. The molecule has 2 aromatic carbocycles. The SMILES string of the molecule is O=C(c1cc[nH]c1)N1CCC2(C1)C(=O)N(CCOc1ccccc1)c1ccccc12. The van der Waals surface area contributed by atoms with Crippen LogP contribution in [-0.4, -0.2) is 47.9 Å². The lowest BCUT2D eigenvalue weighted by atomic mass is 9.81. The van der Waals surface area contributed by atoms with Crippen LogP contribution in [0.2, 0.25) is 0 Å². The van der Waals surface area contributed by atoms with Gasteiger partial charge in [0.2, 0.25) is 5.91 Å². The van der Waals surface area contributed by atoms with Gasteiger partial charge in [-0.2, -0.15) is 0 Å². The average Bonchev–Trinajstić information content (AvgIpc) is 3.52. The van der Waals surface area contributed by atoms with Gasteiger partial charge < -0.3 is 19.5 Å². The molecule has 3 heterocycles. The quantitative estimate of drug-likeness (QED) is 0.714. The first kappa shape index (κ1) is 18.5. The predicted molar refractivity (Wildman–Crippen MR) is 114 cm³/mol. The molecule has 0 radical (unpaired) electrons. The van der Waals surface area contributed by atoms with E-state index in [1.54, 1.807) is 23.4 Å². The summed E-state index contributed by atoms with van der Waals surface area (Å²) in [6.45, 7) is 1.85. The summed E-state index contributed by atoms with van der Waals surface area (Å²) in [4.78, 5) is 33.0. The van der Waals surface area contributed by atoms with E-state index in [9.17, 15) is 9.59 Å². The van der Waals surface area contributed by atoms with Crippen LogP contribution in [0.3, 0.4) is 0 Å². The molecule has 0 bridgehead atoms. The molecule has 6 nitrogen and oxygen atoms in total. The summed E-state index contributed by atoms with van der Waals surface area (Å²) in [5, 5.41) is 0. The molecule has 2 aliphatic heterocycles. The summed E-state index contributed by atoms with van der Waals surface area (Å²) in [6, 6.07) is 19.3. The Morgan fingerprint density at radius 2 is 1.87 bits per heavy atom. The molecule has 2 amide bonds. The van der Waals surface area contributed by atoms with Crippen LogP contribution in [0.15, 0.2) is 73.1 Å². The maximum absolute atomic E-state index is 13.6. The van der Waals surface area contributed by atoms with Crippen molar-refractivity contribution in [2.75, 3.05) is 31.1 Å². The number of nitrogens with one attached hydrogen (secondary N) is 1. The normalized spacial score (nSPS) is 20.1. The zero-order chi connectivity index (χ0) is 20.6. The van der Waals surface area contributed by atoms with E-state index < -0.39 is 5.41 Å². The molecule has 0 aliphatic carbocycles. The highest BCUT2D eigenvalue weighted by atomic mass is 16.5. The van der Waals surface area contributed by atoms with Crippen molar-refractivity contribution in [3.05, 3.63) is 84.2 Å². The number of aromatic amines is 1. The number of hydrogen-bond donors (Lipinski definition) is 1. The van der Waals surface area contributed by atoms with Crippen molar-refractivity contribution in [1.82, 2.24) is 9.88 Å². The summed E-state index contributed by atoms with van der Waals surface area (Å²) in [5.74, 6) is 0.810. The van der Waals surface area contributed by atoms with E-state index in [1.807, 2.05) is 59.5 Å². The lowest BCUT2D eigenvalue weighted by molar-refractivity contribution is -0.122. The Labute approximate surface area is 175 Å². The average molecular weight is 401 g/mol. The van der Waals surface area contributed by atoms with Crippen LogP contribution in [0.1, 0.15) is 22.3 Å². The van der Waals surface area contributed by atoms with Crippen LogP contribution in [0.25, 0.3) is 0 Å². The van der Waals surface area contributed by atoms with Gasteiger partial charge in [0, 0.05) is 31.2 Å². The fourth-order valence-corrected chi connectivity index (χ4v) is 4.61. The second-order valence-corrected chi connectivity index (χ2v) is 7.79. The first-order chi connectivity index (χ1) is 14.7. The van der Waals surface area contributed by atoms with Crippen LogP contribution in [0.5, 0.6) is 5.75 Å². The zero-order valence-corrected chi connectivity index (χ0v) is 16.6. The molecule has 5 rings (SSSR count). The number of ether oxygens (including phenoxy) is 1. The van der Waals surface area contributed by atoms with E-state index in [-0.39, 0.29) is 11.8 Å². The fraction of sp³-hybridized carbons (Fsp3) is 0.250. The minimum absolute atomic E-state index is 0.0377. The molecule has 1 N–H and O–H groups in total. The van der Waals surface area contributed by atoms with Gasteiger partial charge in [-0.05, 0) is 36.2 Å². The monoisotopic (exact) mass is 401 g/mol. The summed E-state index contributed by atoms with van der Waals surface area (Å²) in [7, 11) is 0. The first-order valence-corrected chi connectivity index (χ1v) is 10.2. The van der Waals surface area contributed by atoms with Gasteiger partial charge in [0.25, 0.3) is 5.91 Å². The van der Waals surface area contributed by atoms with E-state index in [1.165, 1.54) is 0 Å². The van der Waals surface area contributed by atoms with Crippen molar-refractivity contribution in [2.24, 2.45) is 0 Å². The van der Waals surface area contributed by atoms with Crippen molar-refractivity contribution in [1.29, 1.82) is 0 Å².